The number of halogens is 1. The molecule has 0 radical (unpaired) electrons. The van der Waals surface area contributed by atoms with Gasteiger partial charge in [0, 0.05) is 56.7 Å². The van der Waals surface area contributed by atoms with E-state index in [1.807, 2.05) is 23.1 Å². The van der Waals surface area contributed by atoms with E-state index in [4.69, 9.17) is 22.1 Å². The first kappa shape index (κ1) is 25.3. The van der Waals surface area contributed by atoms with Crippen molar-refractivity contribution in [3.05, 3.63) is 52.8 Å². The van der Waals surface area contributed by atoms with Crippen LogP contribution in [-0.4, -0.2) is 72.5 Å². The molecule has 188 valence electrons. The van der Waals surface area contributed by atoms with Crippen molar-refractivity contribution >= 4 is 29.1 Å². The van der Waals surface area contributed by atoms with Crippen LogP contribution < -0.4 is 15.8 Å². The molecule has 0 unspecified atom stereocenters. The van der Waals surface area contributed by atoms with Crippen molar-refractivity contribution in [2.45, 2.75) is 38.1 Å². The SMILES string of the molecule is COc1cc(N)c(Cl)cc1C(=O)NC1CCN(CC2CCN(C(=O)Cc3ccccn3)CC2)CC1. The van der Waals surface area contributed by atoms with Gasteiger partial charge in [-0.3, -0.25) is 14.6 Å². The number of pyridine rings is 1. The third-order valence-electron chi connectivity index (χ3n) is 7.03. The summed E-state index contributed by atoms with van der Waals surface area (Å²) in [5.41, 5.74) is 7.44. The normalized spacial score (nSPS) is 17.8. The zero-order valence-electron chi connectivity index (χ0n) is 20.2. The first-order valence-electron chi connectivity index (χ1n) is 12.3. The Morgan fingerprint density at radius 3 is 2.54 bits per heavy atom. The molecular weight excluding hydrogens is 466 g/mol. The fourth-order valence-electron chi connectivity index (χ4n) is 4.94. The largest absolute Gasteiger partial charge is 0.496 e. The zero-order valence-corrected chi connectivity index (χ0v) is 21.0. The van der Waals surface area contributed by atoms with Crippen LogP contribution in [0.5, 0.6) is 5.75 Å². The number of piperidine rings is 2. The Hall–Kier alpha value is -2.84. The summed E-state index contributed by atoms with van der Waals surface area (Å²) in [4.78, 5) is 34.1. The molecule has 35 heavy (non-hydrogen) atoms. The van der Waals surface area contributed by atoms with Crippen LogP contribution in [0.4, 0.5) is 5.69 Å². The Morgan fingerprint density at radius 2 is 1.89 bits per heavy atom. The number of nitrogens with one attached hydrogen (secondary N) is 1. The van der Waals surface area contributed by atoms with Crippen molar-refractivity contribution < 1.29 is 14.3 Å². The molecule has 1 aromatic carbocycles. The summed E-state index contributed by atoms with van der Waals surface area (Å²) in [6.45, 7) is 4.57. The standard InChI is InChI=1S/C26H34ClN5O3/c1-35-24-16-23(28)22(27)15-21(24)26(34)30-19-7-10-31(11-8-19)17-18-5-12-32(13-6-18)25(33)14-20-4-2-3-9-29-20/h2-4,9,15-16,18-19H,5-8,10-14,17,28H2,1H3,(H,30,34). The second-order valence-corrected chi connectivity index (χ2v) is 9.85. The maximum absolute atomic E-state index is 12.8. The number of hydrogen-bond acceptors (Lipinski definition) is 6. The Morgan fingerprint density at radius 1 is 1.14 bits per heavy atom. The highest BCUT2D eigenvalue weighted by molar-refractivity contribution is 6.33. The lowest BCUT2D eigenvalue weighted by molar-refractivity contribution is -0.132. The molecule has 3 heterocycles. The quantitative estimate of drug-likeness (QED) is 0.568. The molecule has 2 aliphatic heterocycles. The van der Waals surface area contributed by atoms with E-state index in [-0.39, 0.29) is 17.9 Å². The number of likely N-dealkylation sites (tertiary alicyclic amines) is 2. The van der Waals surface area contributed by atoms with Crippen molar-refractivity contribution in [1.82, 2.24) is 20.1 Å². The molecule has 2 aliphatic rings. The Labute approximate surface area is 211 Å². The topological polar surface area (TPSA) is 101 Å². The zero-order chi connectivity index (χ0) is 24.8. The van der Waals surface area contributed by atoms with E-state index < -0.39 is 0 Å². The van der Waals surface area contributed by atoms with Gasteiger partial charge in [0.1, 0.15) is 5.75 Å². The molecule has 2 aromatic rings. The summed E-state index contributed by atoms with van der Waals surface area (Å²) in [6.07, 6.45) is 5.97. The molecule has 8 nitrogen and oxygen atoms in total. The summed E-state index contributed by atoms with van der Waals surface area (Å²) in [5.74, 6) is 0.996. The summed E-state index contributed by atoms with van der Waals surface area (Å²) in [5, 5.41) is 3.47. The van der Waals surface area contributed by atoms with Gasteiger partial charge in [-0.2, -0.15) is 0 Å². The summed E-state index contributed by atoms with van der Waals surface area (Å²) < 4.78 is 5.31. The monoisotopic (exact) mass is 499 g/mol. The van der Waals surface area contributed by atoms with E-state index in [1.54, 1.807) is 18.3 Å². The highest BCUT2D eigenvalue weighted by Gasteiger charge is 2.27. The summed E-state index contributed by atoms with van der Waals surface area (Å²) in [7, 11) is 1.51. The summed E-state index contributed by atoms with van der Waals surface area (Å²) >= 11 is 6.11. The summed E-state index contributed by atoms with van der Waals surface area (Å²) in [6, 6.07) is 8.94. The van der Waals surface area contributed by atoms with Crippen LogP contribution >= 0.6 is 11.6 Å². The Balaban J connectivity index is 1.19. The number of nitrogen functional groups attached to an aromatic ring is 1. The molecule has 0 bridgehead atoms. The highest BCUT2D eigenvalue weighted by atomic mass is 35.5. The van der Waals surface area contributed by atoms with Crippen LogP contribution in [0, 0.1) is 5.92 Å². The molecule has 4 rings (SSSR count). The van der Waals surface area contributed by atoms with Crippen molar-refractivity contribution in [2.75, 3.05) is 45.6 Å². The molecular formula is C26H34ClN5O3. The number of nitrogens with two attached hydrogens (primary N) is 1. The van der Waals surface area contributed by atoms with Crippen molar-refractivity contribution in [1.29, 1.82) is 0 Å². The third kappa shape index (κ3) is 6.64. The van der Waals surface area contributed by atoms with Gasteiger partial charge in [-0.1, -0.05) is 17.7 Å². The number of methoxy groups -OCH3 is 1. The number of rotatable bonds is 7. The molecule has 1 aromatic heterocycles. The van der Waals surface area contributed by atoms with Crippen LogP contribution in [-0.2, 0) is 11.2 Å². The van der Waals surface area contributed by atoms with Crippen LogP contribution in [0.2, 0.25) is 5.02 Å². The number of carbonyl (C=O) groups is 2. The van der Waals surface area contributed by atoms with Gasteiger partial charge in [-0.15, -0.1) is 0 Å². The van der Waals surface area contributed by atoms with Crippen molar-refractivity contribution in [3.63, 3.8) is 0 Å². The van der Waals surface area contributed by atoms with E-state index in [0.717, 1.165) is 64.1 Å². The third-order valence-corrected chi connectivity index (χ3v) is 7.36. The number of nitrogens with zero attached hydrogens (tertiary/aromatic N) is 3. The number of hydrogen-bond donors (Lipinski definition) is 2. The minimum absolute atomic E-state index is 0.117. The molecule has 3 N–H and O–H groups in total. The molecule has 2 amide bonds. The number of aromatic nitrogens is 1. The van der Waals surface area contributed by atoms with Gasteiger partial charge in [0.2, 0.25) is 5.91 Å². The van der Waals surface area contributed by atoms with E-state index in [0.29, 0.717) is 34.4 Å². The van der Waals surface area contributed by atoms with Crippen LogP contribution in [0.1, 0.15) is 41.7 Å². The number of ether oxygens (including phenoxy) is 1. The van der Waals surface area contributed by atoms with Gasteiger partial charge in [-0.05, 0) is 49.8 Å². The van der Waals surface area contributed by atoms with Gasteiger partial charge in [0.05, 0.1) is 29.8 Å². The number of anilines is 1. The molecule has 9 heteroatoms. The second kappa shape index (κ2) is 11.7. The molecule has 0 saturated carbocycles. The molecule has 0 atom stereocenters. The van der Waals surface area contributed by atoms with Gasteiger partial charge in [-0.25, -0.2) is 0 Å². The minimum Gasteiger partial charge on any atom is -0.496 e. The fraction of sp³-hybridized carbons (Fsp3) is 0.500. The molecule has 2 saturated heterocycles. The van der Waals surface area contributed by atoms with E-state index in [2.05, 4.69) is 15.2 Å². The predicted octanol–water partition coefficient (Wildman–Crippen LogP) is 3.00. The van der Waals surface area contributed by atoms with Crippen LogP contribution in [0.15, 0.2) is 36.5 Å². The van der Waals surface area contributed by atoms with Gasteiger partial charge in [0.15, 0.2) is 0 Å². The fourth-order valence-corrected chi connectivity index (χ4v) is 5.10. The van der Waals surface area contributed by atoms with Crippen LogP contribution in [0.25, 0.3) is 0 Å². The lowest BCUT2D eigenvalue weighted by Gasteiger charge is -2.38. The average Bonchev–Trinajstić information content (AvgIpc) is 2.87. The Kier molecular flexibility index (Phi) is 8.46. The maximum Gasteiger partial charge on any atom is 0.255 e. The van der Waals surface area contributed by atoms with Gasteiger partial charge >= 0.3 is 0 Å². The van der Waals surface area contributed by atoms with E-state index >= 15 is 0 Å². The second-order valence-electron chi connectivity index (χ2n) is 9.44. The maximum atomic E-state index is 12.8. The van der Waals surface area contributed by atoms with E-state index in [1.165, 1.54) is 7.11 Å². The van der Waals surface area contributed by atoms with E-state index in [9.17, 15) is 9.59 Å². The predicted molar refractivity (Wildman–Crippen MR) is 137 cm³/mol. The lowest BCUT2D eigenvalue weighted by atomic mass is 9.94. The first-order valence-corrected chi connectivity index (χ1v) is 12.6. The Bertz CT molecular complexity index is 1020. The lowest BCUT2D eigenvalue weighted by Crippen LogP contribution is -2.47. The van der Waals surface area contributed by atoms with Gasteiger partial charge in [0.25, 0.3) is 5.91 Å². The smallest absolute Gasteiger partial charge is 0.255 e. The van der Waals surface area contributed by atoms with Gasteiger partial charge < -0.3 is 25.6 Å². The minimum atomic E-state index is -0.190. The van der Waals surface area contributed by atoms with Crippen molar-refractivity contribution in [3.8, 4) is 5.75 Å². The number of amides is 2. The van der Waals surface area contributed by atoms with Crippen molar-refractivity contribution in [2.24, 2.45) is 5.92 Å². The highest BCUT2D eigenvalue weighted by Crippen LogP contribution is 2.29. The molecule has 0 aliphatic carbocycles. The molecule has 0 spiro atoms. The number of carbonyl (C=O) groups excluding carboxylic acids is 2. The van der Waals surface area contributed by atoms with Crippen LogP contribution in [0.3, 0.4) is 0 Å². The molecule has 2 fully saturated rings. The average molecular weight is 500 g/mol. The first-order chi connectivity index (χ1) is 16.9. The number of benzene rings is 1.